The molecule has 0 aliphatic heterocycles. The van der Waals surface area contributed by atoms with Gasteiger partial charge in [0, 0.05) is 11.8 Å². The fourth-order valence-electron chi connectivity index (χ4n) is 1.66. The number of methoxy groups -OCH3 is 1. The lowest BCUT2D eigenvalue weighted by Crippen LogP contribution is -2.24. The largest absolute Gasteiger partial charge is 0.497 e. The molecular weight excluding hydrogens is 346 g/mol. The molecule has 5 nitrogen and oxygen atoms in total. The standard InChI is InChI=1S/C14H14ClNO4S2/c1-11-3-9-14(10-4-11)22(18,19)16(15)21(17)13-7-5-12(20-2)6-8-13/h3-10H,1-2H3. The van der Waals surface area contributed by atoms with Crippen molar-refractivity contribution < 1.29 is 17.4 Å². The van der Waals surface area contributed by atoms with Gasteiger partial charge in [-0.2, -0.15) is 0 Å². The quantitative estimate of drug-likeness (QED) is 0.770. The molecule has 0 saturated carbocycles. The molecule has 1 unspecified atom stereocenters. The summed E-state index contributed by atoms with van der Waals surface area (Å²) in [7, 11) is -4.61. The number of halogens is 1. The van der Waals surface area contributed by atoms with Gasteiger partial charge in [-0.15, -0.1) is 0 Å². The predicted molar refractivity (Wildman–Crippen MR) is 85.5 cm³/mol. The molecule has 2 aromatic rings. The van der Waals surface area contributed by atoms with Crippen LogP contribution in [0.3, 0.4) is 0 Å². The molecule has 0 N–H and O–H groups in total. The molecule has 2 rings (SSSR count). The Bertz CT molecular complexity index is 773. The van der Waals surface area contributed by atoms with Gasteiger partial charge in [0.1, 0.15) is 5.75 Å². The van der Waals surface area contributed by atoms with Crippen molar-refractivity contribution in [1.82, 2.24) is 3.23 Å². The highest BCUT2D eigenvalue weighted by Gasteiger charge is 2.29. The Balaban J connectivity index is 2.30. The van der Waals surface area contributed by atoms with Gasteiger partial charge in [-0.05, 0) is 46.6 Å². The van der Waals surface area contributed by atoms with Crippen molar-refractivity contribution >= 4 is 32.8 Å². The summed E-state index contributed by atoms with van der Waals surface area (Å²) in [6.07, 6.45) is 0. The van der Waals surface area contributed by atoms with E-state index in [0.717, 1.165) is 5.56 Å². The Morgan fingerprint density at radius 1 is 1.05 bits per heavy atom. The van der Waals surface area contributed by atoms with Crippen LogP contribution in [0.25, 0.3) is 0 Å². The third-order valence-corrected chi connectivity index (χ3v) is 7.00. The number of nitrogens with zero attached hydrogens (tertiary/aromatic N) is 1. The summed E-state index contributed by atoms with van der Waals surface area (Å²) in [4.78, 5) is 0.237. The van der Waals surface area contributed by atoms with Crippen LogP contribution in [0.2, 0.25) is 0 Å². The van der Waals surface area contributed by atoms with E-state index < -0.39 is 21.0 Å². The van der Waals surface area contributed by atoms with E-state index in [1.165, 1.54) is 31.4 Å². The molecular formula is C14H14ClNO4S2. The molecule has 1 atom stereocenters. The third kappa shape index (κ3) is 3.49. The van der Waals surface area contributed by atoms with E-state index >= 15 is 0 Å². The first-order valence-corrected chi connectivity index (χ1v) is 9.08. The van der Waals surface area contributed by atoms with Gasteiger partial charge in [0.2, 0.25) is 0 Å². The van der Waals surface area contributed by atoms with Crippen LogP contribution in [-0.4, -0.2) is 23.0 Å². The van der Waals surface area contributed by atoms with E-state index in [1.807, 2.05) is 6.92 Å². The van der Waals surface area contributed by atoms with Crippen molar-refractivity contribution in [3.63, 3.8) is 0 Å². The average molecular weight is 360 g/mol. The summed E-state index contributed by atoms with van der Waals surface area (Å²) < 4.78 is 42.4. The van der Waals surface area contributed by atoms with E-state index in [-0.39, 0.29) is 9.79 Å². The Kier molecular flexibility index (Phi) is 5.23. The first-order chi connectivity index (χ1) is 10.4. The maximum absolute atomic E-state index is 12.4. The van der Waals surface area contributed by atoms with Gasteiger partial charge in [0.05, 0.1) is 16.9 Å². The fourth-order valence-corrected chi connectivity index (χ4v) is 4.55. The molecule has 0 amide bonds. The highest BCUT2D eigenvalue weighted by Crippen LogP contribution is 2.24. The summed E-state index contributed by atoms with van der Waals surface area (Å²) in [6, 6.07) is 12.3. The molecule has 0 aliphatic carbocycles. The smallest absolute Gasteiger partial charge is 0.268 e. The summed E-state index contributed by atoms with van der Waals surface area (Å²) in [5.41, 5.74) is 0.913. The lowest BCUT2D eigenvalue weighted by Gasteiger charge is -2.13. The van der Waals surface area contributed by atoms with Crippen molar-refractivity contribution in [3.05, 3.63) is 54.1 Å². The maximum atomic E-state index is 12.4. The summed E-state index contributed by atoms with van der Waals surface area (Å²) in [5.74, 6) is 0.572. The van der Waals surface area contributed by atoms with E-state index in [4.69, 9.17) is 16.5 Å². The molecule has 0 fully saturated rings. The minimum atomic E-state index is -4.05. The SMILES string of the molecule is COc1ccc(S(=O)N(Cl)S(=O)(=O)c2ccc(C)cc2)cc1. The van der Waals surface area contributed by atoms with Crippen LogP contribution in [0, 0.1) is 6.92 Å². The maximum Gasteiger partial charge on any atom is 0.268 e. The van der Waals surface area contributed by atoms with Crippen LogP contribution in [-0.2, 0) is 21.0 Å². The molecule has 0 saturated heterocycles. The lowest BCUT2D eigenvalue weighted by molar-refractivity contribution is 0.414. The highest BCUT2D eigenvalue weighted by atomic mass is 35.5. The highest BCUT2D eigenvalue weighted by molar-refractivity contribution is 8.02. The van der Waals surface area contributed by atoms with Crippen molar-refractivity contribution in [2.45, 2.75) is 16.7 Å². The molecule has 8 heteroatoms. The van der Waals surface area contributed by atoms with Crippen molar-refractivity contribution in [1.29, 1.82) is 0 Å². The molecule has 0 aromatic heterocycles. The Hall–Kier alpha value is -1.41. The summed E-state index contributed by atoms with van der Waals surface area (Å²) >= 11 is 5.82. The number of aryl methyl sites for hydroxylation is 1. The minimum absolute atomic E-state index is 0.0186. The topological polar surface area (TPSA) is 63.7 Å². The monoisotopic (exact) mass is 359 g/mol. The number of benzene rings is 2. The minimum Gasteiger partial charge on any atom is -0.497 e. The zero-order valence-electron chi connectivity index (χ0n) is 11.9. The molecule has 118 valence electrons. The zero-order valence-corrected chi connectivity index (χ0v) is 14.3. The van der Waals surface area contributed by atoms with Gasteiger partial charge in [0.25, 0.3) is 10.0 Å². The Morgan fingerprint density at radius 3 is 2.09 bits per heavy atom. The lowest BCUT2D eigenvalue weighted by atomic mass is 10.2. The second-order valence-corrected chi connectivity index (χ2v) is 8.52. The van der Waals surface area contributed by atoms with E-state index in [9.17, 15) is 12.6 Å². The van der Waals surface area contributed by atoms with Gasteiger partial charge < -0.3 is 4.74 Å². The average Bonchev–Trinajstić information content (AvgIpc) is 2.54. The number of ether oxygens (including phenoxy) is 1. The van der Waals surface area contributed by atoms with E-state index in [1.54, 1.807) is 24.3 Å². The number of hydrogen-bond donors (Lipinski definition) is 0. The van der Waals surface area contributed by atoms with Crippen LogP contribution in [0.15, 0.2) is 58.3 Å². The van der Waals surface area contributed by atoms with Crippen LogP contribution in [0.1, 0.15) is 5.56 Å². The predicted octanol–water partition coefficient (Wildman–Crippen LogP) is 2.87. The van der Waals surface area contributed by atoms with Crippen LogP contribution in [0.5, 0.6) is 5.75 Å². The fraction of sp³-hybridized carbons (Fsp3) is 0.143. The second kappa shape index (κ2) is 6.78. The van der Waals surface area contributed by atoms with Crippen LogP contribution < -0.4 is 4.74 Å². The zero-order chi connectivity index (χ0) is 16.3. The summed E-state index contributed by atoms with van der Waals surface area (Å²) in [6.45, 7) is 1.84. The number of sulfonamides is 1. The molecule has 0 aliphatic rings. The Labute approximate surface area is 137 Å². The second-order valence-electron chi connectivity index (χ2n) is 4.43. The van der Waals surface area contributed by atoms with Gasteiger partial charge in [-0.3, -0.25) is 0 Å². The number of hydrogen-bond acceptors (Lipinski definition) is 4. The van der Waals surface area contributed by atoms with Crippen molar-refractivity contribution in [2.24, 2.45) is 0 Å². The third-order valence-electron chi connectivity index (χ3n) is 2.90. The van der Waals surface area contributed by atoms with Crippen LogP contribution >= 0.6 is 11.8 Å². The van der Waals surface area contributed by atoms with E-state index in [2.05, 4.69) is 0 Å². The molecule has 22 heavy (non-hydrogen) atoms. The van der Waals surface area contributed by atoms with Gasteiger partial charge in [-0.25, -0.2) is 12.6 Å². The van der Waals surface area contributed by atoms with Crippen LogP contribution in [0.4, 0.5) is 0 Å². The van der Waals surface area contributed by atoms with Gasteiger partial charge >= 0.3 is 0 Å². The molecule has 0 bridgehead atoms. The first-order valence-electron chi connectivity index (χ1n) is 6.20. The number of rotatable bonds is 5. The first kappa shape index (κ1) is 17.0. The molecule has 0 spiro atoms. The van der Waals surface area contributed by atoms with Gasteiger partial charge in [-0.1, -0.05) is 17.7 Å². The van der Waals surface area contributed by atoms with Gasteiger partial charge in [0.15, 0.2) is 11.0 Å². The molecule has 0 radical (unpaired) electrons. The van der Waals surface area contributed by atoms with Crippen molar-refractivity contribution in [3.8, 4) is 5.75 Å². The van der Waals surface area contributed by atoms with Crippen molar-refractivity contribution in [2.75, 3.05) is 7.11 Å². The van der Waals surface area contributed by atoms with E-state index in [0.29, 0.717) is 8.98 Å². The molecule has 0 heterocycles. The summed E-state index contributed by atoms with van der Waals surface area (Å²) in [5, 5.41) is 0. The Morgan fingerprint density at radius 2 is 1.59 bits per heavy atom. The molecule has 2 aromatic carbocycles. The normalized spacial score (nSPS) is 13.1.